The van der Waals surface area contributed by atoms with E-state index in [-0.39, 0.29) is 0 Å². The summed E-state index contributed by atoms with van der Waals surface area (Å²) in [5.41, 5.74) is 1.96. The smallest absolute Gasteiger partial charge is 0.146 e. The Kier molecular flexibility index (Phi) is 3.70. The Morgan fingerprint density at radius 1 is 1.00 bits per heavy atom. The number of hydrogen-bond acceptors (Lipinski definition) is 3. The summed E-state index contributed by atoms with van der Waals surface area (Å²) in [5.74, 6) is 0.685. The molecule has 0 amide bonds. The van der Waals surface area contributed by atoms with Gasteiger partial charge in [0.15, 0.2) is 0 Å². The van der Waals surface area contributed by atoms with Crippen LogP contribution in [0.15, 0.2) is 70.1 Å². The van der Waals surface area contributed by atoms with Crippen molar-refractivity contribution in [1.82, 2.24) is 0 Å². The first-order valence-electron chi connectivity index (χ1n) is 6.39. The van der Waals surface area contributed by atoms with Crippen LogP contribution < -0.4 is 0 Å². The zero-order valence-electron chi connectivity index (χ0n) is 10.8. The van der Waals surface area contributed by atoms with E-state index in [9.17, 15) is 0 Å². The van der Waals surface area contributed by atoms with Gasteiger partial charge in [-0.05, 0) is 17.7 Å². The minimum atomic E-state index is 0.635. The topological polar surface area (TPSA) is 25.5 Å². The molecule has 0 saturated carbocycles. The molecule has 2 aromatic carbocycles. The molecule has 20 heavy (non-hydrogen) atoms. The second-order valence-electron chi connectivity index (χ2n) is 4.46. The molecule has 0 saturated heterocycles. The fourth-order valence-corrected chi connectivity index (χ4v) is 2.30. The Hall–Kier alpha value is -2.26. The molecule has 98 valence electrons. The Bertz CT molecular complexity index is 806. The van der Waals surface area contributed by atoms with E-state index in [4.69, 9.17) is 16.6 Å². The van der Waals surface area contributed by atoms with Crippen molar-refractivity contribution in [3.63, 3.8) is 0 Å². The van der Waals surface area contributed by atoms with Crippen LogP contribution in [0.5, 0.6) is 0 Å². The number of rotatable bonds is 3. The van der Waals surface area contributed by atoms with Crippen LogP contribution in [-0.2, 0) is 6.54 Å². The third-order valence-corrected chi connectivity index (χ3v) is 3.33. The van der Waals surface area contributed by atoms with Crippen molar-refractivity contribution >= 4 is 29.4 Å². The Morgan fingerprint density at radius 2 is 1.75 bits per heavy atom. The summed E-state index contributed by atoms with van der Waals surface area (Å²) in [6, 6.07) is 19.7. The number of nitrogens with zero attached hydrogens (tertiary/aromatic N) is 1. The van der Waals surface area contributed by atoms with E-state index in [0.717, 1.165) is 15.5 Å². The van der Waals surface area contributed by atoms with Crippen LogP contribution >= 0.6 is 12.2 Å². The van der Waals surface area contributed by atoms with Gasteiger partial charge in [0, 0.05) is 11.5 Å². The maximum absolute atomic E-state index is 5.76. The van der Waals surface area contributed by atoms with Gasteiger partial charge >= 0.3 is 0 Å². The molecule has 1 heterocycles. The van der Waals surface area contributed by atoms with E-state index >= 15 is 0 Å². The standard InChI is InChI=1S/C17H13NOS/c20-17-10-14(19-16-9-5-4-8-15(16)17)12-18-11-13-6-2-1-3-7-13/h1-10,12H,11H2. The third-order valence-electron chi connectivity index (χ3n) is 2.99. The van der Waals surface area contributed by atoms with Gasteiger partial charge in [0.1, 0.15) is 11.3 Å². The molecule has 0 unspecified atom stereocenters. The molecule has 3 aromatic rings. The van der Waals surface area contributed by atoms with Crippen LogP contribution in [0.4, 0.5) is 0 Å². The zero-order chi connectivity index (χ0) is 13.8. The first-order valence-corrected chi connectivity index (χ1v) is 6.80. The van der Waals surface area contributed by atoms with Crippen molar-refractivity contribution < 1.29 is 4.42 Å². The third kappa shape index (κ3) is 2.83. The van der Waals surface area contributed by atoms with Crippen LogP contribution in [0, 0.1) is 4.51 Å². The van der Waals surface area contributed by atoms with Gasteiger partial charge in [-0.3, -0.25) is 4.99 Å². The monoisotopic (exact) mass is 279 g/mol. The highest BCUT2D eigenvalue weighted by Crippen LogP contribution is 2.17. The number of para-hydroxylation sites is 1. The number of hydrogen-bond donors (Lipinski definition) is 0. The number of benzene rings is 2. The van der Waals surface area contributed by atoms with Gasteiger partial charge < -0.3 is 4.42 Å². The highest BCUT2D eigenvalue weighted by Gasteiger charge is 1.99. The summed E-state index contributed by atoms with van der Waals surface area (Å²) >= 11 is 5.36. The van der Waals surface area contributed by atoms with Crippen molar-refractivity contribution in [3.8, 4) is 0 Å². The van der Waals surface area contributed by atoms with Gasteiger partial charge in [-0.15, -0.1) is 0 Å². The predicted octanol–water partition coefficient (Wildman–Crippen LogP) is 4.78. The molecular formula is C17H13NOS. The molecular weight excluding hydrogens is 266 g/mol. The lowest BCUT2D eigenvalue weighted by atomic mass is 10.2. The van der Waals surface area contributed by atoms with Crippen molar-refractivity contribution in [2.45, 2.75) is 6.54 Å². The van der Waals surface area contributed by atoms with Crippen LogP contribution in [0.3, 0.4) is 0 Å². The first kappa shape index (κ1) is 12.8. The molecule has 0 aliphatic carbocycles. The Morgan fingerprint density at radius 3 is 2.60 bits per heavy atom. The summed E-state index contributed by atoms with van der Waals surface area (Å²) in [7, 11) is 0. The maximum Gasteiger partial charge on any atom is 0.146 e. The molecule has 0 N–H and O–H groups in total. The van der Waals surface area contributed by atoms with Crippen LogP contribution in [0.25, 0.3) is 11.0 Å². The normalized spacial score (nSPS) is 11.2. The SMILES string of the molecule is S=c1cc(C=NCc2ccccc2)oc2ccccc12. The predicted molar refractivity (Wildman–Crippen MR) is 84.8 cm³/mol. The van der Waals surface area contributed by atoms with Crippen molar-refractivity contribution in [3.05, 3.63) is 76.5 Å². The average molecular weight is 279 g/mol. The highest BCUT2D eigenvalue weighted by molar-refractivity contribution is 7.71. The van der Waals surface area contributed by atoms with E-state index in [1.54, 1.807) is 6.21 Å². The van der Waals surface area contributed by atoms with E-state index in [2.05, 4.69) is 4.99 Å². The largest absolute Gasteiger partial charge is 0.455 e. The van der Waals surface area contributed by atoms with E-state index < -0.39 is 0 Å². The van der Waals surface area contributed by atoms with Gasteiger partial charge in [-0.1, -0.05) is 54.7 Å². The summed E-state index contributed by atoms with van der Waals surface area (Å²) in [6.07, 6.45) is 1.73. The molecule has 0 aliphatic heterocycles. The number of aliphatic imine (C=N–C) groups is 1. The van der Waals surface area contributed by atoms with E-state index in [1.807, 2.05) is 60.7 Å². The second-order valence-corrected chi connectivity index (χ2v) is 4.90. The minimum absolute atomic E-state index is 0.635. The summed E-state index contributed by atoms with van der Waals surface area (Å²) in [5, 5.41) is 0.961. The zero-order valence-corrected chi connectivity index (χ0v) is 11.6. The average Bonchev–Trinajstić information content (AvgIpc) is 2.48. The fraction of sp³-hybridized carbons (Fsp3) is 0.0588. The lowest BCUT2D eigenvalue weighted by molar-refractivity contribution is 0.595. The molecule has 0 spiro atoms. The lowest BCUT2D eigenvalue weighted by Crippen LogP contribution is -1.85. The van der Waals surface area contributed by atoms with Crippen LogP contribution in [0.2, 0.25) is 0 Å². The quantitative estimate of drug-likeness (QED) is 0.509. The molecule has 0 radical (unpaired) electrons. The van der Waals surface area contributed by atoms with Crippen LogP contribution in [0.1, 0.15) is 11.3 Å². The lowest BCUT2D eigenvalue weighted by Gasteiger charge is -1.99. The van der Waals surface area contributed by atoms with Crippen LogP contribution in [-0.4, -0.2) is 6.21 Å². The van der Waals surface area contributed by atoms with Gasteiger partial charge in [0.05, 0.1) is 17.3 Å². The van der Waals surface area contributed by atoms with Gasteiger partial charge in [-0.25, -0.2) is 0 Å². The summed E-state index contributed by atoms with van der Waals surface area (Å²) in [4.78, 5) is 4.39. The molecule has 0 atom stereocenters. The van der Waals surface area contributed by atoms with Crippen molar-refractivity contribution in [2.75, 3.05) is 0 Å². The van der Waals surface area contributed by atoms with Gasteiger partial charge in [-0.2, -0.15) is 0 Å². The molecule has 1 aromatic heterocycles. The molecule has 3 rings (SSSR count). The van der Waals surface area contributed by atoms with Gasteiger partial charge in [0.25, 0.3) is 0 Å². The Balaban J connectivity index is 1.86. The van der Waals surface area contributed by atoms with E-state index in [1.165, 1.54) is 5.56 Å². The highest BCUT2D eigenvalue weighted by atomic mass is 32.1. The minimum Gasteiger partial charge on any atom is -0.455 e. The fourth-order valence-electron chi connectivity index (χ4n) is 2.01. The Labute approximate surface area is 122 Å². The van der Waals surface area contributed by atoms with E-state index in [0.29, 0.717) is 12.3 Å². The molecule has 2 nitrogen and oxygen atoms in total. The van der Waals surface area contributed by atoms with Crippen molar-refractivity contribution in [1.29, 1.82) is 0 Å². The molecule has 0 fully saturated rings. The van der Waals surface area contributed by atoms with Crippen molar-refractivity contribution in [2.24, 2.45) is 4.99 Å². The first-order chi connectivity index (χ1) is 9.83. The number of fused-ring (bicyclic) bond motifs is 1. The second kappa shape index (κ2) is 5.80. The summed E-state index contributed by atoms with van der Waals surface area (Å²) in [6.45, 7) is 0.635. The summed E-state index contributed by atoms with van der Waals surface area (Å²) < 4.78 is 6.55. The maximum atomic E-state index is 5.76. The molecule has 0 bridgehead atoms. The molecule has 0 aliphatic rings. The van der Waals surface area contributed by atoms with Gasteiger partial charge in [0.2, 0.25) is 0 Å². The molecule has 3 heteroatoms.